The third kappa shape index (κ3) is 4.23. The van der Waals surface area contributed by atoms with Gasteiger partial charge in [0.25, 0.3) is 0 Å². The summed E-state index contributed by atoms with van der Waals surface area (Å²) in [7, 11) is 0. The van der Waals surface area contributed by atoms with Crippen LogP contribution in [-0.4, -0.2) is 38.2 Å². The largest absolute Gasteiger partial charge is 0.486 e. The molecule has 1 fully saturated rings. The monoisotopic (exact) mass is 404 g/mol. The van der Waals surface area contributed by atoms with E-state index in [-0.39, 0.29) is 30.5 Å². The Bertz CT molecular complexity index is 920. The summed E-state index contributed by atoms with van der Waals surface area (Å²) in [5.41, 5.74) is 1.07. The van der Waals surface area contributed by atoms with E-state index in [9.17, 15) is 18.4 Å². The van der Waals surface area contributed by atoms with Gasteiger partial charge in [-0.2, -0.15) is 8.78 Å². The molecule has 7 nitrogen and oxygen atoms in total. The third-order valence-corrected chi connectivity index (χ3v) is 4.68. The number of nitrogens with one attached hydrogen (secondary N) is 1. The van der Waals surface area contributed by atoms with Gasteiger partial charge in [-0.15, -0.1) is 0 Å². The van der Waals surface area contributed by atoms with E-state index in [1.807, 2.05) is 0 Å². The summed E-state index contributed by atoms with van der Waals surface area (Å²) in [5, 5.41) is 2.70. The Morgan fingerprint density at radius 2 is 1.83 bits per heavy atom. The highest BCUT2D eigenvalue weighted by molar-refractivity contribution is 6.03. The Balaban J connectivity index is 1.40. The van der Waals surface area contributed by atoms with Crippen LogP contribution < -0.4 is 24.4 Å². The van der Waals surface area contributed by atoms with Crippen LogP contribution in [0.2, 0.25) is 0 Å². The van der Waals surface area contributed by atoms with Crippen LogP contribution in [0.1, 0.15) is 6.42 Å². The molecule has 0 aliphatic carbocycles. The molecule has 2 heterocycles. The second-order valence-corrected chi connectivity index (χ2v) is 6.63. The van der Waals surface area contributed by atoms with Crippen molar-refractivity contribution in [2.24, 2.45) is 5.92 Å². The molecule has 0 aromatic heterocycles. The number of benzene rings is 2. The molecule has 9 heteroatoms. The Hall–Kier alpha value is -3.36. The summed E-state index contributed by atoms with van der Waals surface area (Å²) in [4.78, 5) is 26.5. The zero-order chi connectivity index (χ0) is 20.4. The maximum absolute atomic E-state index is 12.5. The average molecular weight is 404 g/mol. The van der Waals surface area contributed by atoms with Crippen LogP contribution in [0.25, 0.3) is 0 Å². The number of ether oxygens (including phenoxy) is 3. The van der Waals surface area contributed by atoms with Crippen molar-refractivity contribution >= 4 is 23.2 Å². The predicted molar refractivity (Wildman–Crippen MR) is 99.6 cm³/mol. The lowest BCUT2D eigenvalue weighted by molar-refractivity contribution is -0.122. The summed E-state index contributed by atoms with van der Waals surface area (Å²) in [6, 6.07) is 10.8. The van der Waals surface area contributed by atoms with Gasteiger partial charge in [0.2, 0.25) is 11.8 Å². The van der Waals surface area contributed by atoms with Gasteiger partial charge in [0.05, 0.1) is 5.92 Å². The predicted octanol–water partition coefficient (Wildman–Crippen LogP) is 3.05. The van der Waals surface area contributed by atoms with E-state index in [1.165, 1.54) is 24.3 Å². The van der Waals surface area contributed by atoms with E-state index in [4.69, 9.17) is 9.47 Å². The fourth-order valence-corrected chi connectivity index (χ4v) is 3.30. The van der Waals surface area contributed by atoms with Crippen LogP contribution in [-0.2, 0) is 9.59 Å². The number of anilines is 2. The van der Waals surface area contributed by atoms with Gasteiger partial charge >= 0.3 is 6.61 Å². The molecule has 0 unspecified atom stereocenters. The van der Waals surface area contributed by atoms with E-state index in [0.29, 0.717) is 36.1 Å². The number of carbonyl (C=O) groups excluding carboxylic acids is 2. The topological polar surface area (TPSA) is 77.1 Å². The van der Waals surface area contributed by atoms with Gasteiger partial charge in [-0.05, 0) is 36.4 Å². The Labute approximate surface area is 165 Å². The van der Waals surface area contributed by atoms with E-state index >= 15 is 0 Å². The molecule has 1 saturated heterocycles. The van der Waals surface area contributed by atoms with Crippen molar-refractivity contribution in [3.05, 3.63) is 42.5 Å². The van der Waals surface area contributed by atoms with Gasteiger partial charge in [-0.3, -0.25) is 9.59 Å². The van der Waals surface area contributed by atoms with Gasteiger partial charge in [-0.25, -0.2) is 0 Å². The van der Waals surface area contributed by atoms with Gasteiger partial charge < -0.3 is 24.4 Å². The summed E-state index contributed by atoms with van der Waals surface area (Å²) < 4.78 is 39.7. The molecule has 2 aliphatic rings. The van der Waals surface area contributed by atoms with Crippen molar-refractivity contribution in [1.82, 2.24) is 0 Å². The second kappa shape index (κ2) is 7.94. The van der Waals surface area contributed by atoms with Crippen LogP contribution in [0, 0.1) is 5.92 Å². The molecule has 0 saturated carbocycles. The van der Waals surface area contributed by atoms with Gasteiger partial charge in [-0.1, -0.05) is 0 Å². The number of fused-ring (bicyclic) bond motifs is 1. The zero-order valence-electron chi connectivity index (χ0n) is 15.3. The molecule has 29 heavy (non-hydrogen) atoms. The van der Waals surface area contributed by atoms with Crippen LogP contribution in [0.5, 0.6) is 17.2 Å². The summed E-state index contributed by atoms with van der Waals surface area (Å²) >= 11 is 0. The van der Waals surface area contributed by atoms with E-state index in [2.05, 4.69) is 10.1 Å². The minimum atomic E-state index is -2.91. The number of alkyl halides is 2. The van der Waals surface area contributed by atoms with Crippen LogP contribution in [0.4, 0.5) is 20.2 Å². The maximum Gasteiger partial charge on any atom is 0.387 e. The lowest BCUT2D eigenvalue weighted by Gasteiger charge is -2.22. The lowest BCUT2D eigenvalue weighted by Crippen LogP contribution is -2.28. The first kappa shape index (κ1) is 19.0. The lowest BCUT2D eigenvalue weighted by atomic mass is 10.1. The van der Waals surface area contributed by atoms with Gasteiger partial charge in [0, 0.05) is 30.4 Å². The zero-order valence-corrected chi connectivity index (χ0v) is 15.3. The first-order valence-electron chi connectivity index (χ1n) is 9.05. The van der Waals surface area contributed by atoms with Gasteiger partial charge in [0.15, 0.2) is 11.5 Å². The van der Waals surface area contributed by atoms with Crippen molar-refractivity contribution in [2.45, 2.75) is 13.0 Å². The summed E-state index contributed by atoms with van der Waals surface area (Å²) in [5.74, 6) is 0.177. The minimum absolute atomic E-state index is 0.00109. The van der Waals surface area contributed by atoms with Crippen molar-refractivity contribution in [2.75, 3.05) is 30.0 Å². The van der Waals surface area contributed by atoms with Crippen molar-refractivity contribution in [1.29, 1.82) is 0 Å². The number of hydrogen-bond acceptors (Lipinski definition) is 5. The fraction of sp³-hybridized carbons (Fsp3) is 0.300. The molecule has 1 atom stereocenters. The molecule has 4 rings (SSSR count). The number of carbonyl (C=O) groups is 2. The molecular weight excluding hydrogens is 386 g/mol. The quantitative estimate of drug-likeness (QED) is 0.829. The summed E-state index contributed by atoms with van der Waals surface area (Å²) in [6.07, 6.45) is 0.0762. The molecule has 0 bridgehead atoms. The van der Waals surface area contributed by atoms with E-state index < -0.39 is 12.5 Å². The highest BCUT2D eigenvalue weighted by atomic mass is 19.3. The Morgan fingerprint density at radius 3 is 2.55 bits per heavy atom. The van der Waals surface area contributed by atoms with E-state index in [0.717, 1.165) is 0 Å². The Morgan fingerprint density at radius 1 is 1.10 bits per heavy atom. The maximum atomic E-state index is 12.5. The van der Waals surface area contributed by atoms with Crippen molar-refractivity contribution in [3.63, 3.8) is 0 Å². The molecular formula is C20H18F2N2O5. The van der Waals surface area contributed by atoms with Gasteiger partial charge in [0.1, 0.15) is 19.0 Å². The molecule has 0 radical (unpaired) electrons. The first-order valence-corrected chi connectivity index (χ1v) is 9.05. The molecule has 1 N–H and O–H groups in total. The average Bonchev–Trinajstić information content (AvgIpc) is 3.10. The minimum Gasteiger partial charge on any atom is -0.486 e. The first-order chi connectivity index (χ1) is 14.0. The third-order valence-electron chi connectivity index (χ3n) is 4.68. The number of amides is 2. The summed E-state index contributed by atoms with van der Waals surface area (Å²) in [6.45, 7) is -1.76. The Kier molecular flexibility index (Phi) is 5.20. The standard InChI is InChI=1S/C20H18F2N2O5/c21-20(22)29-15-4-1-13(2-5-15)23-19(26)12-9-18(25)24(11-12)14-3-6-16-17(10-14)28-8-7-27-16/h1-6,10,12,20H,7-9,11H2,(H,23,26)/t12-/m0/s1. The molecule has 152 valence electrons. The number of halogens is 2. The molecule has 2 aliphatic heterocycles. The fourth-order valence-electron chi connectivity index (χ4n) is 3.30. The number of rotatable bonds is 5. The normalized spacial score (nSPS) is 18.1. The second-order valence-electron chi connectivity index (χ2n) is 6.63. The smallest absolute Gasteiger partial charge is 0.387 e. The van der Waals surface area contributed by atoms with Crippen LogP contribution in [0.3, 0.4) is 0 Å². The highest BCUT2D eigenvalue weighted by Gasteiger charge is 2.35. The van der Waals surface area contributed by atoms with Crippen molar-refractivity contribution in [3.8, 4) is 17.2 Å². The molecule has 0 spiro atoms. The van der Waals surface area contributed by atoms with Crippen molar-refractivity contribution < 1.29 is 32.6 Å². The number of nitrogens with zero attached hydrogens (tertiary/aromatic N) is 1. The number of hydrogen-bond donors (Lipinski definition) is 1. The van der Waals surface area contributed by atoms with Crippen LogP contribution in [0.15, 0.2) is 42.5 Å². The highest BCUT2D eigenvalue weighted by Crippen LogP contribution is 2.36. The SMILES string of the molecule is O=C(Nc1ccc(OC(F)F)cc1)[C@H]1CC(=O)N(c2ccc3c(c2)OCCO3)C1. The van der Waals surface area contributed by atoms with E-state index in [1.54, 1.807) is 23.1 Å². The molecule has 2 aromatic rings. The molecule has 2 aromatic carbocycles. The molecule has 2 amide bonds. The van der Waals surface area contributed by atoms with Crippen LogP contribution >= 0.6 is 0 Å².